The highest BCUT2D eigenvalue weighted by molar-refractivity contribution is 7.91. The van der Waals surface area contributed by atoms with Gasteiger partial charge in [0.05, 0.1) is 11.5 Å². The molecule has 1 unspecified atom stereocenters. The van der Waals surface area contributed by atoms with Crippen molar-refractivity contribution in [1.82, 2.24) is 9.80 Å². The number of nitrogens with zero attached hydrogens (tertiary/aromatic N) is 2. The molecule has 6 nitrogen and oxygen atoms in total. The van der Waals surface area contributed by atoms with E-state index in [1.165, 1.54) is 0 Å². The lowest BCUT2D eigenvalue weighted by molar-refractivity contribution is 0.0690. The average molecular weight is 431 g/mol. The lowest BCUT2D eigenvalue weighted by atomic mass is 10.1. The smallest absolute Gasteiger partial charge is 0.254 e. The number of carbonyl (C=O) groups excluding carboxylic acids is 1. The Hall–Kier alpha value is -2.38. The van der Waals surface area contributed by atoms with Crippen molar-refractivity contribution in [3.63, 3.8) is 0 Å². The van der Waals surface area contributed by atoms with Gasteiger partial charge in [0.1, 0.15) is 12.4 Å². The summed E-state index contributed by atoms with van der Waals surface area (Å²) >= 11 is 0. The van der Waals surface area contributed by atoms with E-state index in [2.05, 4.69) is 4.90 Å². The lowest BCUT2D eigenvalue weighted by Crippen LogP contribution is -2.42. The third-order valence-corrected chi connectivity index (χ3v) is 7.01. The molecule has 0 aliphatic carbocycles. The number of sulfone groups is 1. The SMILES string of the molecule is CN(C)CCCN(C(=O)c1ccc(OCc2ccccc2)cc1)C1CCS(=O)(=O)C1. The van der Waals surface area contributed by atoms with Gasteiger partial charge in [0.2, 0.25) is 0 Å². The minimum atomic E-state index is -3.06. The maximum atomic E-state index is 13.2. The first-order chi connectivity index (χ1) is 14.3. The minimum absolute atomic E-state index is 0.0545. The number of benzene rings is 2. The van der Waals surface area contributed by atoms with Crippen LogP contribution in [-0.2, 0) is 16.4 Å². The Bertz CT molecular complexity index is 927. The fourth-order valence-corrected chi connectivity index (χ4v) is 5.36. The zero-order valence-electron chi connectivity index (χ0n) is 17.7. The summed E-state index contributed by atoms with van der Waals surface area (Å²) in [5, 5.41) is 0. The Morgan fingerprint density at radius 1 is 1.03 bits per heavy atom. The molecular weight excluding hydrogens is 400 g/mol. The van der Waals surface area contributed by atoms with Crippen LogP contribution in [0.25, 0.3) is 0 Å². The Morgan fingerprint density at radius 3 is 2.33 bits per heavy atom. The van der Waals surface area contributed by atoms with Crippen molar-refractivity contribution in [2.75, 3.05) is 38.7 Å². The quantitative estimate of drug-likeness (QED) is 0.612. The fourth-order valence-electron chi connectivity index (χ4n) is 3.63. The minimum Gasteiger partial charge on any atom is -0.489 e. The van der Waals surface area contributed by atoms with E-state index in [0.29, 0.717) is 30.9 Å². The fraction of sp³-hybridized carbons (Fsp3) is 0.435. The summed E-state index contributed by atoms with van der Waals surface area (Å²) in [4.78, 5) is 17.0. The van der Waals surface area contributed by atoms with Crippen LogP contribution in [0, 0.1) is 0 Å². The largest absolute Gasteiger partial charge is 0.489 e. The molecule has 0 radical (unpaired) electrons. The van der Waals surface area contributed by atoms with Crippen molar-refractivity contribution in [3.8, 4) is 5.75 Å². The topological polar surface area (TPSA) is 66.9 Å². The van der Waals surface area contributed by atoms with Gasteiger partial charge in [0.15, 0.2) is 9.84 Å². The van der Waals surface area contributed by atoms with Gasteiger partial charge in [-0.3, -0.25) is 4.79 Å². The molecule has 2 aromatic rings. The van der Waals surface area contributed by atoms with E-state index in [-0.39, 0.29) is 23.5 Å². The number of amides is 1. The van der Waals surface area contributed by atoms with E-state index in [1.54, 1.807) is 29.2 Å². The van der Waals surface area contributed by atoms with Crippen molar-refractivity contribution >= 4 is 15.7 Å². The second kappa shape index (κ2) is 10.1. The molecule has 0 aromatic heterocycles. The van der Waals surface area contributed by atoms with Crippen LogP contribution in [0.15, 0.2) is 54.6 Å². The Balaban J connectivity index is 1.66. The standard InChI is InChI=1S/C23H30N2O4S/c1-24(2)14-6-15-25(21-13-16-30(27,28)18-21)23(26)20-9-11-22(12-10-20)29-17-19-7-4-3-5-8-19/h3-5,7-12,21H,6,13-18H2,1-2H3. The first-order valence-electron chi connectivity index (χ1n) is 10.3. The van der Waals surface area contributed by atoms with Gasteiger partial charge in [-0.05, 0) is 63.3 Å². The Morgan fingerprint density at radius 2 is 1.73 bits per heavy atom. The van der Waals surface area contributed by atoms with Gasteiger partial charge in [-0.1, -0.05) is 30.3 Å². The molecular formula is C23H30N2O4S. The van der Waals surface area contributed by atoms with Crippen LogP contribution in [0.1, 0.15) is 28.8 Å². The molecule has 7 heteroatoms. The van der Waals surface area contributed by atoms with Crippen LogP contribution in [0.5, 0.6) is 5.75 Å². The molecule has 0 N–H and O–H groups in total. The molecule has 1 heterocycles. The second-order valence-electron chi connectivity index (χ2n) is 8.01. The average Bonchev–Trinajstić information content (AvgIpc) is 3.09. The summed E-state index contributed by atoms with van der Waals surface area (Å²) in [6.45, 7) is 1.85. The van der Waals surface area contributed by atoms with Crippen molar-refractivity contribution in [1.29, 1.82) is 0 Å². The molecule has 0 bridgehead atoms. The molecule has 30 heavy (non-hydrogen) atoms. The molecule has 1 aliphatic heterocycles. The second-order valence-corrected chi connectivity index (χ2v) is 10.2. The summed E-state index contributed by atoms with van der Waals surface area (Å²) in [6, 6.07) is 16.7. The zero-order valence-corrected chi connectivity index (χ0v) is 18.5. The predicted molar refractivity (Wildman–Crippen MR) is 118 cm³/mol. The number of hydrogen-bond acceptors (Lipinski definition) is 5. The van der Waals surface area contributed by atoms with E-state index in [1.807, 2.05) is 44.4 Å². The molecule has 0 spiro atoms. The number of ether oxygens (including phenoxy) is 1. The van der Waals surface area contributed by atoms with E-state index in [4.69, 9.17) is 4.74 Å². The van der Waals surface area contributed by atoms with Crippen LogP contribution < -0.4 is 4.74 Å². The first-order valence-corrected chi connectivity index (χ1v) is 12.1. The van der Waals surface area contributed by atoms with E-state index in [9.17, 15) is 13.2 Å². The molecule has 1 saturated heterocycles. The van der Waals surface area contributed by atoms with Crippen molar-refractivity contribution in [3.05, 3.63) is 65.7 Å². The van der Waals surface area contributed by atoms with Crippen LogP contribution >= 0.6 is 0 Å². The van der Waals surface area contributed by atoms with E-state index >= 15 is 0 Å². The molecule has 3 rings (SSSR count). The summed E-state index contributed by atoms with van der Waals surface area (Å²) < 4.78 is 29.7. The summed E-state index contributed by atoms with van der Waals surface area (Å²) in [7, 11) is 0.911. The molecule has 162 valence electrons. The highest BCUT2D eigenvalue weighted by atomic mass is 32.2. The summed E-state index contributed by atoms with van der Waals surface area (Å²) in [6.07, 6.45) is 1.31. The Labute approximate surface area is 179 Å². The number of carbonyl (C=O) groups is 1. The van der Waals surface area contributed by atoms with Crippen LogP contribution in [0.4, 0.5) is 0 Å². The predicted octanol–water partition coefficient (Wildman–Crippen LogP) is 2.85. The summed E-state index contributed by atoms with van der Waals surface area (Å²) in [5.41, 5.74) is 1.63. The molecule has 1 fully saturated rings. The number of hydrogen-bond donors (Lipinski definition) is 0. The first kappa shape index (κ1) is 22.3. The highest BCUT2D eigenvalue weighted by Gasteiger charge is 2.34. The third kappa shape index (κ3) is 6.31. The maximum Gasteiger partial charge on any atom is 0.254 e. The van der Waals surface area contributed by atoms with Gasteiger partial charge in [-0.25, -0.2) is 8.42 Å². The number of rotatable bonds is 9. The summed E-state index contributed by atoms with van der Waals surface area (Å²) in [5.74, 6) is 0.781. The van der Waals surface area contributed by atoms with Crippen LogP contribution in [0.2, 0.25) is 0 Å². The van der Waals surface area contributed by atoms with Gasteiger partial charge in [0, 0.05) is 18.2 Å². The van der Waals surface area contributed by atoms with Crippen molar-refractivity contribution in [2.45, 2.75) is 25.5 Å². The van der Waals surface area contributed by atoms with Crippen molar-refractivity contribution < 1.29 is 17.9 Å². The normalized spacial score (nSPS) is 17.8. The molecule has 1 aliphatic rings. The molecule has 1 atom stereocenters. The van der Waals surface area contributed by atoms with E-state index in [0.717, 1.165) is 18.5 Å². The molecule has 2 aromatic carbocycles. The lowest BCUT2D eigenvalue weighted by Gasteiger charge is -2.29. The molecule has 0 saturated carbocycles. The Kier molecular flexibility index (Phi) is 7.50. The van der Waals surface area contributed by atoms with Crippen molar-refractivity contribution in [2.24, 2.45) is 0 Å². The van der Waals surface area contributed by atoms with Crippen LogP contribution in [-0.4, -0.2) is 68.9 Å². The van der Waals surface area contributed by atoms with E-state index < -0.39 is 9.84 Å². The van der Waals surface area contributed by atoms with Gasteiger partial charge in [-0.2, -0.15) is 0 Å². The van der Waals surface area contributed by atoms with Gasteiger partial charge in [0.25, 0.3) is 5.91 Å². The highest BCUT2D eigenvalue weighted by Crippen LogP contribution is 2.22. The maximum absolute atomic E-state index is 13.2. The van der Waals surface area contributed by atoms with Gasteiger partial charge in [-0.15, -0.1) is 0 Å². The van der Waals surface area contributed by atoms with Crippen LogP contribution in [0.3, 0.4) is 0 Å². The van der Waals surface area contributed by atoms with Gasteiger partial charge >= 0.3 is 0 Å². The zero-order chi connectivity index (χ0) is 21.6. The molecule has 1 amide bonds. The van der Waals surface area contributed by atoms with Gasteiger partial charge < -0.3 is 14.5 Å². The monoisotopic (exact) mass is 430 g/mol. The third-order valence-electron chi connectivity index (χ3n) is 5.26.